The van der Waals surface area contributed by atoms with Gasteiger partial charge in [-0.15, -0.1) is 0 Å². The Morgan fingerprint density at radius 3 is 2.29 bits per heavy atom. The average Bonchev–Trinajstić information content (AvgIpc) is 2.25. The highest BCUT2D eigenvalue weighted by Gasteiger charge is 2.11. The number of aliphatic hydroxyl groups excluding tert-OH is 2. The first-order valence-corrected chi connectivity index (χ1v) is 5.46. The normalized spacial score (nSPS) is 13.1. The van der Waals surface area contributed by atoms with Crippen LogP contribution >= 0.6 is 0 Å². The van der Waals surface area contributed by atoms with Gasteiger partial charge in [-0.3, -0.25) is 0 Å². The van der Waals surface area contributed by atoms with Crippen molar-refractivity contribution >= 4 is 0 Å². The minimum absolute atomic E-state index is 0.0428. The Morgan fingerprint density at radius 2 is 1.76 bits per heavy atom. The third kappa shape index (κ3) is 4.77. The number of rotatable bonds is 6. The number of halogens is 2. The van der Waals surface area contributed by atoms with Gasteiger partial charge in [-0.2, -0.15) is 0 Å². The highest BCUT2D eigenvalue weighted by atomic mass is 19.1. The summed E-state index contributed by atoms with van der Waals surface area (Å²) < 4.78 is 25.8. The molecule has 0 spiro atoms. The largest absolute Gasteiger partial charge is 0.395 e. The summed E-state index contributed by atoms with van der Waals surface area (Å²) in [6.45, 7) is 1.09. The van der Waals surface area contributed by atoms with Gasteiger partial charge in [-0.05, 0) is 31.2 Å². The lowest BCUT2D eigenvalue weighted by molar-refractivity contribution is 0.140. The molecule has 1 unspecified atom stereocenters. The smallest absolute Gasteiger partial charge is 0.126 e. The molecule has 1 rings (SSSR count). The molecule has 0 bridgehead atoms. The van der Waals surface area contributed by atoms with Crippen molar-refractivity contribution in [2.75, 3.05) is 26.7 Å². The second-order valence-electron chi connectivity index (χ2n) is 4.03. The van der Waals surface area contributed by atoms with E-state index in [1.807, 2.05) is 4.90 Å². The highest BCUT2D eigenvalue weighted by molar-refractivity contribution is 5.20. The van der Waals surface area contributed by atoms with Gasteiger partial charge in [0.1, 0.15) is 11.6 Å². The minimum atomic E-state index is -0.902. The highest BCUT2D eigenvalue weighted by Crippen LogP contribution is 2.19. The van der Waals surface area contributed by atoms with Crippen LogP contribution in [-0.2, 0) is 0 Å². The van der Waals surface area contributed by atoms with E-state index in [2.05, 4.69) is 0 Å². The molecule has 0 aliphatic heterocycles. The van der Waals surface area contributed by atoms with Gasteiger partial charge in [0, 0.05) is 19.2 Å². The van der Waals surface area contributed by atoms with Crippen LogP contribution in [0.5, 0.6) is 0 Å². The monoisotopic (exact) mass is 245 g/mol. The summed E-state index contributed by atoms with van der Waals surface area (Å²) >= 11 is 0. The summed E-state index contributed by atoms with van der Waals surface area (Å²) in [4.78, 5) is 1.83. The maximum atomic E-state index is 12.9. The molecule has 3 nitrogen and oxygen atoms in total. The van der Waals surface area contributed by atoms with Crippen molar-refractivity contribution < 1.29 is 19.0 Å². The molecule has 1 aromatic carbocycles. The van der Waals surface area contributed by atoms with Crippen LogP contribution in [0.1, 0.15) is 18.1 Å². The average molecular weight is 245 g/mol. The van der Waals surface area contributed by atoms with E-state index in [9.17, 15) is 13.9 Å². The minimum Gasteiger partial charge on any atom is -0.395 e. The van der Waals surface area contributed by atoms with Crippen LogP contribution < -0.4 is 0 Å². The topological polar surface area (TPSA) is 43.7 Å². The van der Waals surface area contributed by atoms with Gasteiger partial charge in [0.25, 0.3) is 0 Å². The molecule has 5 heteroatoms. The molecule has 0 heterocycles. The van der Waals surface area contributed by atoms with Crippen LogP contribution in [0.3, 0.4) is 0 Å². The molecule has 17 heavy (non-hydrogen) atoms. The van der Waals surface area contributed by atoms with Gasteiger partial charge in [0.05, 0.1) is 12.7 Å². The summed E-state index contributed by atoms with van der Waals surface area (Å²) in [5.74, 6) is -1.38. The van der Waals surface area contributed by atoms with Crippen molar-refractivity contribution in [3.05, 3.63) is 35.4 Å². The van der Waals surface area contributed by atoms with Crippen LogP contribution in [0.4, 0.5) is 8.78 Å². The number of hydrogen-bond donors (Lipinski definition) is 2. The fraction of sp³-hybridized carbons (Fsp3) is 0.500. The number of benzene rings is 1. The molecule has 0 amide bonds. The van der Waals surface area contributed by atoms with Crippen molar-refractivity contribution in [3.8, 4) is 0 Å². The van der Waals surface area contributed by atoms with E-state index in [1.54, 1.807) is 7.05 Å². The maximum absolute atomic E-state index is 12.9. The van der Waals surface area contributed by atoms with E-state index in [0.29, 0.717) is 19.5 Å². The first-order valence-electron chi connectivity index (χ1n) is 5.46. The van der Waals surface area contributed by atoms with Gasteiger partial charge >= 0.3 is 0 Å². The summed E-state index contributed by atoms with van der Waals surface area (Å²) in [6.07, 6.45) is -0.541. The predicted molar refractivity (Wildman–Crippen MR) is 60.5 cm³/mol. The van der Waals surface area contributed by atoms with Gasteiger partial charge < -0.3 is 15.1 Å². The van der Waals surface area contributed by atoms with Gasteiger partial charge in [0.2, 0.25) is 0 Å². The van der Waals surface area contributed by atoms with E-state index in [4.69, 9.17) is 5.11 Å². The molecular weight excluding hydrogens is 228 g/mol. The van der Waals surface area contributed by atoms with Gasteiger partial charge in [-0.25, -0.2) is 8.78 Å². The number of nitrogens with zero attached hydrogens (tertiary/aromatic N) is 1. The van der Waals surface area contributed by atoms with E-state index < -0.39 is 17.7 Å². The van der Waals surface area contributed by atoms with Crippen molar-refractivity contribution in [1.82, 2.24) is 4.90 Å². The Kier molecular flexibility index (Phi) is 5.47. The zero-order valence-corrected chi connectivity index (χ0v) is 9.74. The Morgan fingerprint density at radius 1 is 1.18 bits per heavy atom. The fourth-order valence-electron chi connectivity index (χ4n) is 1.56. The maximum Gasteiger partial charge on any atom is 0.126 e. The van der Waals surface area contributed by atoms with Crippen LogP contribution in [0.25, 0.3) is 0 Å². The van der Waals surface area contributed by atoms with Crippen LogP contribution in [-0.4, -0.2) is 41.9 Å². The third-order valence-corrected chi connectivity index (χ3v) is 2.54. The lowest BCUT2D eigenvalue weighted by Gasteiger charge is -2.18. The molecule has 2 N–H and O–H groups in total. The Balaban J connectivity index is 2.54. The summed E-state index contributed by atoms with van der Waals surface area (Å²) in [6, 6.07) is 3.02. The molecule has 0 radical (unpaired) electrons. The predicted octanol–water partition coefficient (Wildman–Crippen LogP) is 1.31. The van der Waals surface area contributed by atoms with Gasteiger partial charge in [0.15, 0.2) is 0 Å². The first-order chi connectivity index (χ1) is 8.02. The number of likely N-dealkylation sites (N-methyl/N-ethyl adjacent to an activating group) is 1. The molecule has 1 aromatic rings. The van der Waals surface area contributed by atoms with Crippen molar-refractivity contribution in [1.29, 1.82) is 0 Å². The SMILES string of the molecule is CN(CCO)CCC(O)c1cc(F)cc(F)c1. The van der Waals surface area contributed by atoms with Gasteiger partial charge in [-0.1, -0.05) is 0 Å². The quantitative estimate of drug-likeness (QED) is 0.794. The molecular formula is C12H17F2NO2. The lowest BCUT2D eigenvalue weighted by Crippen LogP contribution is -2.24. The molecule has 1 atom stereocenters. The van der Waals surface area contributed by atoms with Crippen LogP contribution in [0.15, 0.2) is 18.2 Å². The second kappa shape index (κ2) is 6.64. The van der Waals surface area contributed by atoms with Crippen molar-refractivity contribution in [2.45, 2.75) is 12.5 Å². The van der Waals surface area contributed by atoms with Crippen molar-refractivity contribution in [3.63, 3.8) is 0 Å². The lowest BCUT2D eigenvalue weighted by atomic mass is 10.1. The standard InChI is InChI=1S/C12H17F2NO2/c1-15(4-5-16)3-2-12(17)9-6-10(13)8-11(14)7-9/h6-8,12,16-17H,2-5H2,1H3. The number of aliphatic hydroxyl groups is 2. The molecule has 0 aliphatic carbocycles. The Bertz CT molecular complexity index is 340. The van der Waals surface area contributed by atoms with E-state index in [-0.39, 0.29) is 12.2 Å². The summed E-state index contributed by atoms with van der Waals surface area (Å²) in [5.41, 5.74) is 0.236. The molecule has 0 saturated carbocycles. The molecule has 0 saturated heterocycles. The third-order valence-electron chi connectivity index (χ3n) is 2.54. The van der Waals surface area contributed by atoms with Crippen molar-refractivity contribution in [2.24, 2.45) is 0 Å². The van der Waals surface area contributed by atoms with Crippen LogP contribution in [0.2, 0.25) is 0 Å². The molecule has 96 valence electrons. The number of hydrogen-bond acceptors (Lipinski definition) is 3. The second-order valence-corrected chi connectivity index (χ2v) is 4.03. The zero-order chi connectivity index (χ0) is 12.8. The Labute approximate surface area is 99.3 Å². The first kappa shape index (κ1) is 14.0. The molecule has 0 fully saturated rings. The summed E-state index contributed by atoms with van der Waals surface area (Å²) in [7, 11) is 1.80. The van der Waals surface area contributed by atoms with Crippen LogP contribution in [0, 0.1) is 11.6 Å². The fourth-order valence-corrected chi connectivity index (χ4v) is 1.56. The zero-order valence-electron chi connectivity index (χ0n) is 9.74. The van der Waals surface area contributed by atoms with E-state index >= 15 is 0 Å². The molecule has 0 aliphatic rings. The molecule has 0 aromatic heterocycles. The summed E-state index contributed by atoms with van der Waals surface area (Å²) in [5, 5.41) is 18.5. The van der Waals surface area contributed by atoms with E-state index in [1.165, 1.54) is 0 Å². The van der Waals surface area contributed by atoms with E-state index in [0.717, 1.165) is 18.2 Å². The Hall–Kier alpha value is -1.04.